The summed E-state index contributed by atoms with van der Waals surface area (Å²) in [4.78, 5) is 12.4. The zero-order chi connectivity index (χ0) is 16.2. The van der Waals surface area contributed by atoms with Crippen molar-refractivity contribution in [3.8, 4) is 5.69 Å². The van der Waals surface area contributed by atoms with Gasteiger partial charge in [0.05, 0.1) is 6.04 Å². The molecule has 0 radical (unpaired) electrons. The summed E-state index contributed by atoms with van der Waals surface area (Å²) >= 11 is 0. The predicted octanol–water partition coefficient (Wildman–Crippen LogP) is 4.28. The van der Waals surface area contributed by atoms with E-state index < -0.39 is 0 Å². The Morgan fingerprint density at radius 1 is 0.957 bits per heavy atom. The van der Waals surface area contributed by atoms with Crippen LogP contribution in [0.5, 0.6) is 0 Å². The van der Waals surface area contributed by atoms with Crippen LogP contribution < -0.4 is 5.32 Å². The third kappa shape index (κ3) is 3.34. The van der Waals surface area contributed by atoms with Gasteiger partial charge in [0.2, 0.25) is 0 Å². The van der Waals surface area contributed by atoms with Gasteiger partial charge in [0.15, 0.2) is 0 Å². The molecule has 1 atom stereocenters. The minimum atomic E-state index is -0.0409. The smallest absolute Gasteiger partial charge is 0.252 e. The highest BCUT2D eigenvalue weighted by Crippen LogP contribution is 2.17. The first-order valence-electron chi connectivity index (χ1n) is 7.75. The van der Waals surface area contributed by atoms with Gasteiger partial charge in [0, 0.05) is 23.6 Å². The zero-order valence-corrected chi connectivity index (χ0v) is 13.4. The molecule has 2 aromatic carbocycles. The van der Waals surface area contributed by atoms with E-state index in [1.165, 1.54) is 0 Å². The number of carbonyl (C=O) groups excluding carboxylic acids is 1. The van der Waals surface area contributed by atoms with Crippen molar-refractivity contribution in [3.63, 3.8) is 0 Å². The second-order valence-corrected chi connectivity index (χ2v) is 5.69. The van der Waals surface area contributed by atoms with Gasteiger partial charge in [-0.25, -0.2) is 0 Å². The maximum atomic E-state index is 12.4. The third-order valence-corrected chi connectivity index (χ3v) is 4.03. The normalized spacial score (nSPS) is 11.9. The average molecular weight is 304 g/mol. The highest BCUT2D eigenvalue weighted by atomic mass is 16.1. The average Bonchev–Trinajstić information content (AvgIpc) is 3.09. The van der Waals surface area contributed by atoms with Crippen LogP contribution in [0.2, 0.25) is 0 Å². The summed E-state index contributed by atoms with van der Waals surface area (Å²) in [7, 11) is 0. The Balaban J connectivity index is 1.72. The number of amides is 1. The van der Waals surface area contributed by atoms with Gasteiger partial charge >= 0.3 is 0 Å². The van der Waals surface area contributed by atoms with Crippen molar-refractivity contribution in [1.82, 2.24) is 9.88 Å². The lowest BCUT2D eigenvalue weighted by atomic mass is 10.1. The molecule has 0 aliphatic rings. The summed E-state index contributed by atoms with van der Waals surface area (Å²) in [5, 5.41) is 3.06. The SMILES string of the molecule is Cc1ccccc1C(=O)NC(C)c1ccc(-n2cccc2)cc1. The standard InChI is InChI=1S/C20H20N2O/c1-15-7-3-4-8-19(15)20(23)21-16(2)17-9-11-18(12-10-17)22-13-5-6-14-22/h3-14,16H,1-2H3,(H,21,23). The van der Waals surface area contributed by atoms with Crippen LogP contribution in [0, 0.1) is 6.92 Å². The Hall–Kier alpha value is -2.81. The van der Waals surface area contributed by atoms with Crippen molar-refractivity contribution in [3.05, 3.63) is 89.7 Å². The first kappa shape index (κ1) is 15.1. The highest BCUT2D eigenvalue weighted by Gasteiger charge is 2.13. The molecular weight excluding hydrogens is 284 g/mol. The molecule has 1 aromatic heterocycles. The summed E-state index contributed by atoms with van der Waals surface area (Å²) < 4.78 is 2.06. The van der Waals surface area contributed by atoms with Gasteiger partial charge in [-0.2, -0.15) is 0 Å². The summed E-state index contributed by atoms with van der Waals surface area (Å²) in [6.45, 7) is 3.95. The summed E-state index contributed by atoms with van der Waals surface area (Å²) in [5.41, 5.74) is 3.91. The molecular formula is C20H20N2O. The Labute approximate surface area is 136 Å². The van der Waals surface area contributed by atoms with Crippen LogP contribution >= 0.6 is 0 Å². The zero-order valence-electron chi connectivity index (χ0n) is 13.4. The molecule has 0 aliphatic carbocycles. The Bertz CT molecular complexity index is 789. The fourth-order valence-electron chi connectivity index (χ4n) is 2.63. The number of nitrogens with zero attached hydrogens (tertiary/aromatic N) is 1. The second kappa shape index (κ2) is 6.53. The Morgan fingerprint density at radius 2 is 1.61 bits per heavy atom. The quantitative estimate of drug-likeness (QED) is 0.767. The molecule has 0 saturated heterocycles. The Morgan fingerprint density at radius 3 is 2.26 bits per heavy atom. The molecule has 116 valence electrons. The van der Waals surface area contributed by atoms with Crippen LogP contribution in [0.15, 0.2) is 73.1 Å². The number of rotatable bonds is 4. The van der Waals surface area contributed by atoms with Gasteiger partial charge in [-0.05, 0) is 55.3 Å². The molecule has 0 saturated carbocycles. The monoisotopic (exact) mass is 304 g/mol. The maximum absolute atomic E-state index is 12.4. The topological polar surface area (TPSA) is 34.0 Å². The van der Waals surface area contributed by atoms with E-state index in [1.54, 1.807) is 0 Å². The van der Waals surface area contributed by atoms with Crippen molar-refractivity contribution in [2.75, 3.05) is 0 Å². The molecule has 1 amide bonds. The number of hydrogen-bond donors (Lipinski definition) is 1. The number of benzene rings is 2. The molecule has 1 N–H and O–H groups in total. The number of nitrogens with one attached hydrogen (secondary N) is 1. The van der Waals surface area contributed by atoms with Crippen LogP contribution in [-0.4, -0.2) is 10.5 Å². The van der Waals surface area contributed by atoms with Crippen molar-refractivity contribution < 1.29 is 4.79 Å². The molecule has 0 aliphatic heterocycles. The number of aryl methyl sites for hydroxylation is 1. The maximum Gasteiger partial charge on any atom is 0.252 e. The van der Waals surface area contributed by atoms with Crippen LogP contribution in [0.4, 0.5) is 0 Å². The van der Waals surface area contributed by atoms with Crippen LogP contribution in [0.3, 0.4) is 0 Å². The summed E-state index contributed by atoms with van der Waals surface area (Å²) in [6.07, 6.45) is 4.02. The molecule has 3 rings (SSSR count). The van der Waals surface area contributed by atoms with E-state index in [9.17, 15) is 4.79 Å². The van der Waals surface area contributed by atoms with Crippen molar-refractivity contribution in [2.45, 2.75) is 19.9 Å². The highest BCUT2D eigenvalue weighted by molar-refractivity contribution is 5.95. The first-order valence-corrected chi connectivity index (χ1v) is 7.75. The van der Waals surface area contributed by atoms with E-state index in [2.05, 4.69) is 34.1 Å². The van der Waals surface area contributed by atoms with E-state index in [4.69, 9.17) is 0 Å². The van der Waals surface area contributed by atoms with E-state index >= 15 is 0 Å². The molecule has 0 bridgehead atoms. The lowest BCUT2D eigenvalue weighted by Crippen LogP contribution is -2.27. The number of carbonyl (C=O) groups is 1. The number of hydrogen-bond acceptors (Lipinski definition) is 1. The van der Waals surface area contributed by atoms with E-state index in [0.29, 0.717) is 0 Å². The first-order chi connectivity index (χ1) is 11.1. The van der Waals surface area contributed by atoms with Crippen LogP contribution in [-0.2, 0) is 0 Å². The summed E-state index contributed by atoms with van der Waals surface area (Å²) in [5.74, 6) is -0.0370. The summed E-state index contributed by atoms with van der Waals surface area (Å²) in [6, 6.07) is 19.8. The largest absolute Gasteiger partial charge is 0.346 e. The molecule has 23 heavy (non-hydrogen) atoms. The second-order valence-electron chi connectivity index (χ2n) is 5.69. The van der Waals surface area contributed by atoms with Crippen molar-refractivity contribution in [1.29, 1.82) is 0 Å². The van der Waals surface area contributed by atoms with Gasteiger partial charge in [-0.3, -0.25) is 4.79 Å². The Kier molecular flexibility index (Phi) is 4.29. The fourth-order valence-corrected chi connectivity index (χ4v) is 2.63. The molecule has 1 heterocycles. The fraction of sp³-hybridized carbons (Fsp3) is 0.150. The minimum Gasteiger partial charge on any atom is -0.346 e. The minimum absolute atomic E-state index is 0.0370. The van der Waals surface area contributed by atoms with Gasteiger partial charge in [-0.15, -0.1) is 0 Å². The molecule has 1 unspecified atom stereocenters. The molecule has 3 heteroatoms. The van der Waals surface area contributed by atoms with Gasteiger partial charge in [0.1, 0.15) is 0 Å². The van der Waals surface area contributed by atoms with Crippen molar-refractivity contribution in [2.24, 2.45) is 0 Å². The van der Waals surface area contributed by atoms with Gasteiger partial charge in [-0.1, -0.05) is 30.3 Å². The number of aromatic nitrogens is 1. The molecule has 0 fully saturated rings. The molecule has 0 spiro atoms. The van der Waals surface area contributed by atoms with Crippen molar-refractivity contribution >= 4 is 5.91 Å². The van der Waals surface area contributed by atoms with E-state index in [0.717, 1.165) is 22.4 Å². The van der Waals surface area contributed by atoms with E-state index in [1.807, 2.05) is 62.6 Å². The molecule has 3 aromatic rings. The third-order valence-electron chi connectivity index (χ3n) is 4.03. The van der Waals surface area contributed by atoms with Crippen LogP contribution in [0.1, 0.15) is 34.5 Å². The van der Waals surface area contributed by atoms with Crippen LogP contribution in [0.25, 0.3) is 5.69 Å². The van der Waals surface area contributed by atoms with Gasteiger partial charge in [0.25, 0.3) is 5.91 Å². The molecule has 3 nitrogen and oxygen atoms in total. The lowest BCUT2D eigenvalue weighted by molar-refractivity contribution is 0.0939. The van der Waals surface area contributed by atoms with Gasteiger partial charge < -0.3 is 9.88 Å². The van der Waals surface area contributed by atoms with E-state index in [-0.39, 0.29) is 11.9 Å². The predicted molar refractivity (Wildman–Crippen MR) is 92.8 cm³/mol. The lowest BCUT2D eigenvalue weighted by Gasteiger charge is -2.16.